The molecule has 4 aromatic carbocycles. The van der Waals surface area contributed by atoms with Crippen LogP contribution >= 0.6 is 11.6 Å². The van der Waals surface area contributed by atoms with Gasteiger partial charge in [-0.1, -0.05) is 35.9 Å². The van der Waals surface area contributed by atoms with E-state index >= 15 is 0 Å². The first-order chi connectivity index (χ1) is 28.8. The SMILES string of the molecule is COc1ccc(CN(c2nn(CC(F)(F)F)c3c(-n4c(C(Cc5cc(F)cc(F)c5)NC(=O)O)nc5nc(-c6ccccc6F)ccc5c4=O)ccc(Cl)c23)S(C)(=O)=O)cc1. The maximum Gasteiger partial charge on any atom is 0.408 e. The highest BCUT2D eigenvalue weighted by atomic mass is 35.5. The van der Waals surface area contributed by atoms with Gasteiger partial charge >= 0.3 is 12.3 Å². The van der Waals surface area contributed by atoms with E-state index < -0.39 is 93.7 Å². The first-order valence-electron chi connectivity index (χ1n) is 17.8. The van der Waals surface area contributed by atoms with Gasteiger partial charge in [0.05, 0.1) is 58.6 Å². The number of sulfonamides is 1. The van der Waals surface area contributed by atoms with Crippen LogP contribution in [0.3, 0.4) is 0 Å². The maximum atomic E-state index is 14.9. The highest BCUT2D eigenvalue weighted by Gasteiger charge is 2.35. The second-order valence-electron chi connectivity index (χ2n) is 13.6. The zero-order valence-corrected chi connectivity index (χ0v) is 33.2. The van der Waals surface area contributed by atoms with Crippen molar-refractivity contribution < 1.29 is 49.4 Å². The molecule has 7 aromatic rings. The molecule has 0 saturated heterocycles. The molecule has 7 rings (SSSR count). The summed E-state index contributed by atoms with van der Waals surface area (Å²) in [7, 11) is -2.94. The Bertz CT molecular complexity index is 3000. The summed E-state index contributed by atoms with van der Waals surface area (Å²) in [6, 6.07) is 17.1. The largest absolute Gasteiger partial charge is 0.497 e. The normalized spacial score (nSPS) is 12.5. The van der Waals surface area contributed by atoms with E-state index in [0.29, 0.717) is 22.1 Å². The molecule has 1 atom stereocenters. The number of fused-ring (bicyclic) bond motifs is 2. The Balaban J connectivity index is 1.56. The third-order valence-corrected chi connectivity index (χ3v) is 10.8. The van der Waals surface area contributed by atoms with Gasteiger partial charge in [0.25, 0.3) is 5.56 Å². The molecule has 3 heterocycles. The number of hydrogen-bond donors (Lipinski definition) is 2. The van der Waals surface area contributed by atoms with E-state index in [2.05, 4.69) is 20.4 Å². The van der Waals surface area contributed by atoms with E-state index in [9.17, 15) is 49.5 Å². The van der Waals surface area contributed by atoms with Gasteiger partial charge in [0.2, 0.25) is 10.0 Å². The molecule has 0 aliphatic rings. The lowest BCUT2D eigenvalue weighted by Crippen LogP contribution is -2.35. The zero-order valence-electron chi connectivity index (χ0n) is 31.6. The summed E-state index contributed by atoms with van der Waals surface area (Å²) in [5.41, 5.74) is -2.14. The Morgan fingerprint density at radius 3 is 2.26 bits per heavy atom. The van der Waals surface area contributed by atoms with Crippen LogP contribution in [0.5, 0.6) is 5.75 Å². The second-order valence-corrected chi connectivity index (χ2v) is 16.0. The number of halogens is 7. The van der Waals surface area contributed by atoms with Gasteiger partial charge < -0.3 is 15.2 Å². The number of pyridine rings is 1. The van der Waals surface area contributed by atoms with Crippen LogP contribution in [0.1, 0.15) is 23.0 Å². The van der Waals surface area contributed by atoms with Crippen LogP contribution in [0, 0.1) is 17.5 Å². The molecule has 316 valence electrons. The number of rotatable bonds is 12. The van der Waals surface area contributed by atoms with E-state index in [1.807, 2.05) is 0 Å². The van der Waals surface area contributed by atoms with Crippen LogP contribution in [-0.2, 0) is 29.5 Å². The first-order valence-corrected chi connectivity index (χ1v) is 20.0. The van der Waals surface area contributed by atoms with E-state index in [-0.39, 0.29) is 38.3 Å². The summed E-state index contributed by atoms with van der Waals surface area (Å²) in [5, 5.41) is 15.4. The second kappa shape index (κ2) is 16.4. The molecular weight excluding hydrogens is 856 g/mol. The van der Waals surface area contributed by atoms with Crippen molar-refractivity contribution in [2.75, 3.05) is 17.7 Å². The fourth-order valence-corrected chi connectivity index (χ4v) is 7.88. The van der Waals surface area contributed by atoms with Crippen LogP contribution in [0.2, 0.25) is 5.02 Å². The van der Waals surface area contributed by atoms with Crippen LogP contribution in [0.15, 0.2) is 95.8 Å². The van der Waals surface area contributed by atoms with Crippen molar-refractivity contribution in [1.29, 1.82) is 0 Å². The predicted molar refractivity (Wildman–Crippen MR) is 213 cm³/mol. The minimum absolute atomic E-state index is 0.000405. The summed E-state index contributed by atoms with van der Waals surface area (Å²) >= 11 is 6.70. The number of alkyl halides is 3. The first kappa shape index (κ1) is 42.5. The van der Waals surface area contributed by atoms with Gasteiger partial charge in [-0.25, -0.2) is 40.7 Å². The van der Waals surface area contributed by atoms with Gasteiger partial charge in [-0.05, 0) is 71.8 Å². The van der Waals surface area contributed by atoms with E-state index in [0.717, 1.165) is 45.5 Å². The molecule has 1 amide bonds. The van der Waals surface area contributed by atoms with Crippen molar-refractivity contribution in [2.24, 2.45) is 0 Å². The van der Waals surface area contributed by atoms with Crippen LogP contribution < -0.4 is 19.9 Å². The topological polar surface area (TPSA) is 162 Å². The Morgan fingerprint density at radius 2 is 1.64 bits per heavy atom. The van der Waals surface area contributed by atoms with Crippen molar-refractivity contribution in [3.05, 3.63) is 141 Å². The summed E-state index contributed by atoms with van der Waals surface area (Å²) in [6.45, 7) is -2.29. The average Bonchev–Trinajstić information content (AvgIpc) is 3.54. The Kier molecular flexibility index (Phi) is 11.4. The fourth-order valence-electron chi connectivity index (χ4n) is 6.82. The molecule has 1 unspecified atom stereocenters. The lowest BCUT2D eigenvalue weighted by molar-refractivity contribution is -0.141. The van der Waals surface area contributed by atoms with Crippen LogP contribution in [-0.4, -0.2) is 63.5 Å². The van der Waals surface area contributed by atoms with Crippen molar-refractivity contribution >= 4 is 55.5 Å². The number of anilines is 1. The summed E-state index contributed by atoms with van der Waals surface area (Å²) in [4.78, 5) is 36.1. The monoisotopic (exact) mass is 885 g/mol. The van der Waals surface area contributed by atoms with Gasteiger partial charge in [0.15, 0.2) is 11.5 Å². The number of carboxylic acid groups (broad SMARTS) is 1. The number of nitrogens with one attached hydrogen (secondary N) is 1. The van der Waals surface area contributed by atoms with E-state index in [4.69, 9.17) is 16.3 Å². The molecule has 0 aliphatic carbocycles. The Morgan fingerprint density at radius 1 is 0.951 bits per heavy atom. The molecule has 61 heavy (non-hydrogen) atoms. The highest BCUT2D eigenvalue weighted by Crippen LogP contribution is 2.40. The molecule has 0 radical (unpaired) electrons. The lowest BCUT2D eigenvalue weighted by atomic mass is 10.0. The Labute approximate surface area is 346 Å². The minimum Gasteiger partial charge on any atom is -0.497 e. The highest BCUT2D eigenvalue weighted by molar-refractivity contribution is 7.92. The minimum atomic E-state index is -5.00. The van der Waals surface area contributed by atoms with Crippen molar-refractivity contribution in [3.63, 3.8) is 0 Å². The van der Waals surface area contributed by atoms with E-state index in [1.165, 1.54) is 61.7 Å². The number of nitrogens with zero attached hydrogens (tertiary/aromatic N) is 6. The molecule has 0 aliphatic heterocycles. The number of aromatic nitrogens is 5. The van der Waals surface area contributed by atoms with Crippen molar-refractivity contribution in [2.45, 2.75) is 31.7 Å². The lowest BCUT2D eigenvalue weighted by Gasteiger charge is -2.23. The van der Waals surface area contributed by atoms with Gasteiger partial charge in [0.1, 0.15) is 35.6 Å². The fraction of sp³-hybridized carbons (Fsp3) is 0.175. The molecule has 0 fully saturated rings. The zero-order chi connectivity index (χ0) is 44.0. The number of amides is 1. The summed E-state index contributed by atoms with van der Waals surface area (Å²) < 4.78 is 121. The molecule has 3 aromatic heterocycles. The summed E-state index contributed by atoms with van der Waals surface area (Å²) in [5.74, 6) is -3.42. The van der Waals surface area contributed by atoms with Crippen molar-refractivity contribution in [3.8, 4) is 22.7 Å². The molecule has 0 bridgehead atoms. The molecule has 21 heteroatoms. The van der Waals surface area contributed by atoms with Gasteiger partial charge in [-0.2, -0.15) is 18.3 Å². The summed E-state index contributed by atoms with van der Waals surface area (Å²) in [6.07, 6.45) is -6.49. The predicted octanol–water partition coefficient (Wildman–Crippen LogP) is 7.96. The van der Waals surface area contributed by atoms with Crippen molar-refractivity contribution in [1.82, 2.24) is 29.6 Å². The number of carbonyl (C=O) groups is 1. The van der Waals surface area contributed by atoms with Crippen LogP contribution in [0.4, 0.5) is 37.0 Å². The smallest absolute Gasteiger partial charge is 0.408 e. The number of ether oxygens (including phenoxy) is 1. The standard InChI is InChI=1S/C40H30ClF6N7O6S/c1-60-25-9-7-21(8-10-25)19-53(61(2,58)59)37-33-28(41)12-14-32(34(33)52(51-37)20-40(45,46)47)54-36(31(49-39(56)57)17-22-15-23(42)18-24(43)16-22)50-35-27(38(54)55)11-13-30(48-35)26-5-3-4-6-29(26)44/h3-16,18,31,49H,17,19-20H2,1-2H3,(H,56,57). The average molecular weight is 886 g/mol. The molecule has 13 nitrogen and oxygen atoms in total. The van der Waals surface area contributed by atoms with E-state index in [1.54, 1.807) is 0 Å². The maximum absolute atomic E-state index is 14.9. The number of hydrogen-bond acceptors (Lipinski definition) is 8. The molecular formula is C40H30ClF6N7O6S. The quantitative estimate of drug-likeness (QED) is 0.116. The van der Waals surface area contributed by atoms with Gasteiger partial charge in [0, 0.05) is 18.1 Å². The van der Waals surface area contributed by atoms with Crippen LogP contribution in [0.25, 0.3) is 38.9 Å². The third-order valence-electron chi connectivity index (χ3n) is 9.37. The molecule has 2 N–H and O–H groups in total. The number of benzene rings is 4. The molecule has 0 spiro atoms. The number of methoxy groups -OCH3 is 1. The van der Waals surface area contributed by atoms with Gasteiger partial charge in [-0.3, -0.25) is 14.0 Å². The Hall–Kier alpha value is -6.67. The van der Waals surface area contributed by atoms with Gasteiger partial charge in [-0.15, -0.1) is 0 Å². The molecule has 0 saturated carbocycles. The third kappa shape index (κ3) is 8.95.